The van der Waals surface area contributed by atoms with Crippen molar-refractivity contribution in [1.29, 1.82) is 5.26 Å². The van der Waals surface area contributed by atoms with Crippen LogP contribution in [0.25, 0.3) is 0 Å². The van der Waals surface area contributed by atoms with Crippen LogP contribution in [0.2, 0.25) is 0 Å². The summed E-state index contributed by atoms with van der Waals surface area (Å²) < 4.78 is 6.95. The minimum absolute atomic E-state index is 0.186. The quantitative estimate of drug-likeness (QED) is 0.897. The SMILES string of the molecule is COc1cc(Cn2ccc(=O)c(N)c2)ccc1C#N. The van der Waals surface area contributed by atoms with Gasteiger partial charge in [-0.15, -0.1) is 0 Å². The number of ether oxygens (including phenoxy) is 1. The molecule has 2 rings (SSSR count). The molecule has 1 heterocycles. The summed E-state index contributed by atoms with van der Waals surface area (Å²) in [5.74, 6) is 0.536. The van der Waals surface area contributed by atoms with Gasteiger partial charge in [0.25, 0.3) is 0 Å². The molecule has 0 aliphatic carbocycles. The zero-order chi connectivity index (χ0) is 13.8. The summed E-state index contributed by atoms with van der Waals surface area (Å²) in [5, 5.41) is 8.91. The molecule has 0 aliphatic heterocycles. The lowest BCUT2D eigenvalue weighted by atomic mass is 10.1. The molecule has 0 amide bonds. The van der Waals surface area contributed by atoms with Gasteiger partial charge in [-0.2, -0.15) is 5.26 Å². The van der Waals surface area contributed by atoms with Gasteiger partial charge in [0.15, 0.2) is 0 Å². The molecule has 96 valence electrons. The van der Waals surface area contributed by atoms with E-state index in [0.29, 0.717) is 17.9 Å². The molecule has 0 saturated carbocycles. The maximum atomic E-state index is 11.2. The number of hydrogen-bond donors (Lipinski definition) is 1. The second kappa shape index (κ2) is 5.27. The summed E-state index contributed by atoms with van der Waals surface area (Å²) in [7, 11) is 1.53. The minimum atomic E-state index is -0.186. The van der Waals surface area contributed by atoms with E-state index < -0.39 is 0 Å². The lowest BCUT2D eigenvalue weighted by Crippen LogP contribution is -2.11. The number of aromatic nitrogens is 1. The van der Waals surface area contributed by atoms with E-state index in [0.717, 1.165) is 5.56 Å². The fourth-order valence-electron chi connectivity index (χ4n) is 1.78. The van der Waals surface area contributed by atoms with E-state index in [9.17, 15) is 4.79 Å². The summed E-state index contributed by atoms with van der Waals surface area (Å²) in [6.07, 6.45) is 3.26. The number of nitrogens with two attached hydrogens (primary N) is 1. The van der Waals surface area contributed by atoms with Crippen LogP contribution in [-0.2, 0) is 6.54 Å². The van der Waals surface area contributed by atoms with E-state index >= 15 is 0 Å². The van der Waals surface area contributed by atoms with Crippen molar-refractivity contribution in [3.63, 3.8) is 0 Å². The third-order valence-corrected chi connectivity index (χ3v) is 2.76. The third-order valence-electron chi connectivity index (χ3n) is 2.76. The average molecular weight is 255 g/mol. The van der Waals surface area contributed by atoms with Crippen molar-refractivity contribution < 1.29 is 4.74 Å². The number of benzene rings is 1. The second-order valence-corrected chi connectivity index (χ2v) is 4.08. The fraction of sp³-hybridized carbons (Fsp3) is 0.143. The molecule has 5 nitrogen and oxygen atoms in total. The van der Waals surface area contributed by atoms with Crippen LogP contribution in [0.4, 0.5) is 5.69 Å². The van der Waals surface area contributed by atoms with Crippen LogP contribution in [-0.4, -0.2) is 11.7 Å². The van der Waals surface area contributed by atoms with E-state index in [-0.39, 0.29) is 11.1 Å². The molecular weight excluding hydrogens is 242 g/mol. The van der Waals surface area contributed by atoms with Crippen molar-refractivity contribution >= 4 is 5.69 Å². The predicted molar refractivity (Wildman–Crippen MR) is 71.9 cm³/mol. The Bertz CT molecular complexity index is 699. The lowest BCUT2D eigenvalue weighted by Gasteiger charge is -2.09. The highest BCUT2D eigenvalue weighted by atomic mass is 16.5. The summed E-state index contributed by atoms with van der Waals surface area (Å²) in [5.41, 5.74) is 7.05. The highest BCUT2D eigenvalue weighted by Gasteiger charge is 2.04. The first-order valence-electron chi connectivity index (χ1n) is 5.66. The second-order valence-electron chi connectivity index (χ2n) is 4.08. The molecule has 0 bridgehead atoms. The maximum Gasteiger partial charge on any atom is 0.204 e. The number of pyridine rings is 1. The van der Waals surface area contributed by atoms with Crippen molar-refractivity contribution in [3.05, 3.63) is 58.0 Å². The van der Waals surface area contributed by atoms with Crippen molar-refractivity contribution in [2.45, 2.75) is 6.54 Å². The normalized spacial score (nSPS) is 9.89. The topological polar surface area (TPSA) is 81.0 Å². The Kier molecular flexibility index (Phi) is 3.53. The molecular formula is C14H13N3O2. The molecule has 1 aromatic heterocycles. The number of hydrogen-bond acceptors (Lipinski definition) is 4. The number of anilines is 1. The zero-order valence-corrected chi connectivity index (χ0v) is 10.5. The van der Waals surface area contributed by atoms with Gasteiger partial charge in [-0.1, -0.05) is 6.07 Å². The van der Waals surface area contributed by atoms with Crippen molar-refractivity contribution in [2.24, 2.45) is 0 Å². The molecule has 0 atom stereocenters. The van der Waals surface area contributed by atoms with E-state index in [1.165, 1.54) is 13.2 Å². The number of methoxy groups -OCH3 is 1. The van der Waals surface area contributed by atoms with Crippen LogP contribution < -0.4 is 15.9 Å². The van der Waals surface area contributed by atoms with Gasteiger partial charge in [0.2, 0.25) is 5.43 Å². The predicted octanol–water partition coefficient (Wildman–Crippen LogP) is 1.36. The Hall–Kier alpha value is -2.74. The smallest absolute Gasteiger partial charge is 0.204 e. The summed E-state index contributed by atoms with van der Waals surface area (Å²) in [4.78, 5) is 11.2. The van der Waals surface area contributed by atoms with Crippen LogP contribution in [0.1, 0.15) is 11.1 Å². The Balaban J connectivity index is 2.31. The van der Waals surface area contributed by atoms with Gasteiger partial charge >= 0.3 is 0 Å². The Morgan fingerprint density at radius 1 is 1.42 bits per heavy atom. The first kappa shape index (κ1) is 12.7. The summed E-state index contributed by atoms with van der Waals surface area (Å²) in [6, 6.07) is 8.84. The third kappa shape index (κ3) is 2.75. The molecule has 0 unspecified atom stereocenters. The minimum Gasteiger partial charge on any atom is -0.495 e. The largest absolute Gasteiger partial charge is 0.495 e. The molecule has 0 saturated heterocycles. The average Bonchev–Trinajstić information content (AvgIpc) is 2.43. The van der Waals surface area contributed by atoms with Crippen molar-refractivity contribution in [3.8, 4) is 11.8 Å². The number of nitrogen functional groups attached to an aromatic ring is 1. The van der Waals surface area contributed by atoms with Gasteiger partial charge in [-0.05, 0) is 17.7 Å². The number of nitrogens with zero attached hydrogens (tertiary/aromatic N) is 2. The van der Waals surface area contributed by atoms with Gasteiger partial charge in [0.05, 0.1) is 18.4 Å². The highest BCUT2D eigenvalue weighted by molar-refractivity contribution is 5.45. The van der Waals surface area contributed by atoms with Gasteiger partial charge in [-0.25, -0.2) is 0 Å². The molecule has 0 aliphatic rings. The van der Waals surface area contributed by atoms with E-state index in [2.05, 4.69) is 6.07 Å². The van der Waals surface area contributed by atoms with Crippen LogP contribution in [0, 0.1) is 11.3 Å². The van der Waals surface area contributed by atoms with Gasteiger partial charge in [-0.3, -0.25) is 4.79 Å². The van der Waals surface area contributed by atoms with Gasteiger partial charge in [0.1, 0.15) is 11.8 Å². The highest BCUT2D eigenvalue weighted by Crippen LogP contribution is 2.19. The van der Waals surface area contributed by atoms with Crippen LogP contribution in [0.3, 0.4) is 0 Å². The summed E-state index contributed by atoms with van der Waals surface area (Å²) >= 11 is 0. The number of nitriles is 1. The van der Waals surface area contributed by atoms with Gasteiger partial charge in [0, 0.05) is 25.0 Å². The standard InChI is InChI=1S/C14H13N3O2/c1-19-14-6-10(2-3-11(14)7-15)8-17-5-4-13(18)12(16)9-17/h2-6,9H,8,16H2,1H3. The molecule has 5 heteroatoms. The Morgan fingerprint density at radius 3 is 2.84 bits per heavy atom. The zero-order valence-electron chi connectivity index (χ0n) is 10.5. The molecule has 2 aromatic rings. The lowest BCUT2D eigenvalue weighted by molar-refractivity contribution is 0.413. The molecule has 0 fully saturated rings. The van der Waals surface area contributed by atoms with Crippen molar-refractivity contribution in [1.82, 2.24) is 4.57 Å². The summed E-state index contributed by atoms with van der Waals surface area (Å²) in [6.45, 7) is 0.548. The Morgan fingerprint density at radius 2 is 2.21 bits per heavy atom. The van der Waals surface area contributed by atoms with E-state index in [4.69, 9.17) is 15.7 Å². The first-order valence-corrected chi connectivity index (χ1v) is 5.66. The molecule has 2 N–H and O–H groups in total. The first-order chi connectivity index (χ1) is 9.13. The molecule has 1 aromatic carbocycles. The van der Waals surface area contributed by atoms with Crippen LogP contribution >= 0.6 is 0 Å². The van der Waals surface area contributed by atoms with Crippen molar-refractivity contribution in [2.75, 3.05) is 12.8 Å². The maximum absolute atomic E-state index is 11.2. The van der Waals surface area contributed by atoms with E-state index in [1.54, 1.807) is 29.1 Å². The number of rotatable bonds is 3. The molecule has 0 radical (unpaired) electrons. The Labute approximate surface area is 110 Å². The van der Waals surface area contributed by atoms with Crippen LogP contribution in [0.5, 0.6) is 5.75 Å². The monoisotopic (exact) mass is 255 g/mol. The molecule has 19 heavy (non-hydrogen) atoms. The van der Waals surface area contributed by atoms with Gasteiger partial charge < -0.3 is 15.0 Å². The molecule has 0 spiro atoms. The fourth-order valence-corrected chi connectivity index (χ4v) is 1.78. The van der Waals surface area contributed by atoms with E-state index in [1.807, 2.05) is 6.07 Å². The van der Waals surface area contributed by atoms with Crippen LogP contribution in [0.15, 0.2) is 41.5 Å².